The van der Waals surface area contributed by atoms with E-state index in [0.717, 1.165) is 17.2 Å². The van der Waals surface area contributed by atoms with Crippen LogP contribution in [0.3, 0.4) is 0 Å². The van der Waals surface area contributed by atoms with Gasteiger partial charge in [-0.3, -0.25) is 0 Å². The van der Waals surface area contributed by atoms with Crippen LogP contribution in [-0.2, 0) is 20.1 Å². The van der Waals surface area contributed by atoms with Crippen LogP contribution in [0, 0.1) is 6.92 Å². The Balaban J connectivity index is 1.95. The lowest BCUT2D eigenvalue weighted by Gasteiger charge is -2.13. The van der Waals surface area contributed by atoms with Crippen LogP contribution in [0.2, 0.25) is 0 Å². The van der Waals surface area contributed by atoms with E-state index in [4.69, 9.17) is 4.74 Å². The van der Waals surface area contributed by atoms with E-state index < -0.39 is 0 Å². The molecule has 0 amide bonds. The molecule has 108 valence electrons. The van der Waals surface area contributed by atoms with Crippen molar-refractivity contribution in [2.75, 3.05) is 0 Å². The highest BCUT2D eigenvalue weighted by molar-refractivity contribution is 5.25. The van der Waals surface area contributed by atoms with E-state index in [0.29, 0.717) is 19.0 Å². The molecule has 0 aromatic carbocycles. The molecule has 2 aromatic rings. The Morgan fingerprint density at radius 2 is 2.10 bits per heavy atom. The van der Waals surface area contributed by atoms with Crippen molar-refractivity contribution in [1.29, 1.82) is 0 Å². The van der Waals surface area contributed by atoms with Crippen molar-refractivity contribution in [3.05, 3.63) is 35.5 Å². The quantitative estimate of drug-likeness (QED) is 0.867. The molecule has 20 heavy (non-hydrogen) atoms. The molecule has 0 saturated heterocycles. The first-order valence-corrected chi connectivity index (χ1v) is 6.74. The first-order valence-electron chi connectivity index (χ1n) is 6.74. The highest BCUT2D eigenvalue weighted by atomic mass is 16.5. The highest BCUT2D eigenvalue weighted by Crippen LogP contribution is 2.15. The summed E-state index contributed by atoms with van der Waals surface area (Å²) in [6, 6.07) is 3.93. The summed E-state index contributed by atoms with van der Waals surface area (Å²) in [5, 5.41) is 11.5. The van der Waals surface area contributed by atoms with Gasteiger partial charge in [0.15, 0.2) is 0 Å². The number of pyridine rings is 1. The van der Waals surface area contributed by atoms with E-state index in [2.05, 4.69) is 20.5 Å². The topological polar surface area (TPSA) is 64.9 Å². The Morgan fingerprint density at radius 3 is 2.75 bits per heavy atom. The SMILES string of the molecule is Cc1nnc(CNCc2cccnc2OC(C)C)n1C. The zero-order chi connectivity index (χ0) is 14.5. The summed E-state index contributed by atoms with van der Waals surface area (Å²) in [6.45, 7) is 7.27. The average molecular weight is 275 g/mol. The second-order valence-corrected chi connectivity index (χ2v) is 4.96. The lowest BCUT2D eigenvalue weighted by atomic mass is 10.2. The van der Waals surface area contributed by atoms with Gasteiger partial charge in [-0.2, -0.15) is 0 Å². The molecule has 0 unspecified atom stereocenters. The van der Waals surface area contributed by atoms with Crippen LogP contribution in [0.15, 0.2) is 18.3 Å². The van der Waals surface area contributed by atoms with Gasteiger partial charge in [-0.15, -0.1) is 10.2 Å². The monoisotopic (exact) mass is 275 g/mol. The van der Waals surface area contributed by atoms with Crippen LogP contribution in [-0.4, -0.2) is 25.9 Å². The summed E-state index contributed by atoms with van der Waals surface area (Å²) in [7, 11) is 1.96. The van der Waals surface area contributed by atoms with Gasteiger partial charge in [0.05, 0.1) is 12.6 Å². The maximum atomic E-state index is 5.69. The molecule has 0 atom stereocenters. The fourth-order valence-corrected chi connectivity index (χ4v) is 1.80. The zero-order valence-corrected chi connectivity index (χ0v) is 12.4. The third-order valence-corrected chi connectivity index (χ3v) is 2.98. The van der Waals surface area contributed by atoms with Crippen molar-refractivity contribution in [2.45, 2.75) is 40.0 Å². The minimum absolute atomic E-state index is 0.116. The lowest BCUT2D eigenvalue weighted by Crippen LogP contribution is -2.18. The maximum Gasteiger partial charge on any atom is 0.218 e. The molecule has 0 aliphatic heterocycles. The second kappa shape index (κ2) is 6.47. The summed E-state index contributed by atoms with van der Waals surface area (Å²) < 4.78 is 7.67. The number of hydrogen-bond donors (Lipinski definition) is 1. The van der Waals surface area contributed by atoms with Crippen LogP contribution in [0.5, 0.6) is 5.88 Å². The summed E-state index contributed by atoms with van der Waals surface area (Å²) in [6.07, 6.45) is 1.86. The molecule has 0 saturated carbocycles. The first-order chi connectivity index (χ1) is 9.58. The van der Waals surface area contributed by atoms with Crippen molar-refractivity contribution in [3.8, 4) is 5.88 Å². The molecule has 1 N–H and O–H groups in total. The Bertz CT molecular complexity index is 564. The number of ether oxygens (including phenoxy) is 1. The van der Waals surface area contributed by atoms with Crippen molar-refractivity contribution in [3.63, 3.8) is 0 Å². The van der Waals surface area contributed by atoms with E-state index in [9.17, 15) is 0 Å². The van der Waals surface area contributed by atoms with E-state index in [1.165, 1.54) is 0 Å². The van der Waals surface area contributed by atoms with Gasteiger partial charge in [-0.25, -0.2) is 4.98 Å². The fourth-order valence-electron chi connectivity index (χ4n) is 1.80. The minimum Gasteiger partial charge on any atom is -0.475 e. The molecule has 0 spiro atoms. The summed E-state index contributed by atoms with van der Waals surface area (Å²) >= 11 is 0. The van der Waals surface area contributed by atoms with Crippen molar-refractivity contribution in [2.24, 2.45) is 7.05 Å². The van der Waals surface area contributed by atoms with Gasteiger partial charge < -0.3 is 14.6 Å². The molecule has 0 fully saturated rings. The van der Waals surface area contributed by atoms with Crippen molar-refractivity contribution >= 4 is 0 Å². The van der Waals surface area contributed by atoms with Crippen molar-refractivity contribution in [1.82, 2.24) is 25.1 Å². The van der Waals surface area contributed by atoms with Gasteiger partial charge in [0.2, 0.25) is 5.88 Å². The number of nitrogens with zero attached hydrogens (tertiary/aromatic N) is 4. The molecule has 0 radical (unpaired) electrons. The number of aryl methyl sites for hydroxylation is 1. The number of aromatic nitrogens is 4. The van der Waals surface area contributed by atoms with E-state index >= 15 is 0 Å². The molecule has 2 aromatic heterocycles. The number of hydrogen-bond acceptors (Lipinski definition) is 5. The maximum absolute atomic E-state index is 5.69. The van der Waals surface area contributed by atoms with E-state index in [-0.39, 0.29) is 6.10 Å². The molecule has 0 bridgehead atoms. The van der Waals surface area contributed by atoms with Crippen LogP contribution < -0.4 is 10.1 Å². The number of nitrogens with one attached hydrogen (secondary N) is 1. The summed E-state index contributed by atoms with van der Waals surface area (Å²) in [4.78, 5) is 4.27. The van der Waals surface area contributed by atoms with Crippen LogP contribution in [0.4, 0.5) is 0 Å². The Labute approximate surface area is 119 Å². The molecular formula is C14H21N5O. The lowest BCUT2D eigenvalue weighted by molar-refractivity contribution is 0.229. The summed E-state index contributed by atoms with van der Waals surface area (Å²) in [5.41, 5.74) is 1.04. The predicted octanol–water partition coefficient (Wildman–Crippen LogP) is 1.60. The first kappa shape index (κ1) is 14.5. The van der Waals surface area contributed by atoms with Crippen LogP contribution in [0.1, 0.15) is 31.1 Å². The second-order valence-electron chi connectivity index (χ2n) is 4.96. The van der Waals surface area contributed by atoms with Gasteiger partial charge in [0, 0.05) is 25.4 Å². The van der Waals surface area contributed by atoms with Gasteiger partial charge >= 0.3 is 0 Å². The molecule has 0 aliphatic rings. The molecule has 2 heterocycles. The zero-order valence-electron chi connectivity index (χ0n) is 12.4. The average Bonchev–Trinajstić information content (AvgIpc) is 2.72. The Hall–Kier alpha value is -1.95. The molecule has 0 aliphatic carbocycles. The summed E-state index contributed by atoms with van der Waals surface area (Å²) in [5.74, 6) is 2.51. The van der Waals surface area contributed by atoms with Crippen LogP contribution >= 0.6 is 0 Å². The van der Waals surface area contributed by atoms with Gasteiger partial charge in [-0.1, -0.05) is 6.07 Å². The Kier molecular flexibility index (Phi) is 4.68. The van der Waals surface area contributed by atoms with Crippen LogP contribution in [0.25, 0.3) is 0 Å². The van der Waals surface area contributed by atoms with Gasteiger partial charge in [0.1, 0.15) is 11.6 Å². The largest absolute Gasteiger partial charge is 0.475 e. The highest BCUT2D eigenvalue weighted by Gasteiger charge is 2.08. The van der Waals surface area contributed by atoms with E-state index in [1.54, 1.807) is 6.20 Å². The van der Waals surface area contributed by atoms with Gasteiger partial charge in [0.25, 0.3) is 0 Å². The fraction of sp³-hybridized carbons (Fsp3) is 0.500. The molecular weight excluding hydrogens is 254 g/mol. The Morgan fingerprint density at radius 1 is 1.30 bits per heavy atom. The smallest absolute Gasteiger partial charge is 0.218 e. The standard InChI is InChI=1S/C14H21N5O/c1-10(2)20-14-12(6-5-7-16-14)8-15-9-13-18-17-11(3)19(13)4/h5-7,10,15H,8-9H2,1-4H3. The molecule has 2 rings (SSSR count). The van der Waals surface area contributed by atoms with Gasteiger partial charge in [-0.05, 0) is 26.8 Å². The third-order valence-electron chi connectivity index (χ3n) is 2.98. The molecule has 6 nitrogen and oxygen atoms in total. The van der Waals surface area contributed by atoms with E-state index in [1.807, 2.05) is 44.5 Å². The molecule has 6 heteroatoms. The predicted molar refractivity (Wildman–Crippen MR) is 76.3 cm³/mol. The minimum atomic E-state index is 0.116. The number of rotatable bonds is 6. The normalized spacial score (nSPS) is 11.1. The van der Waals surface area contributed by atoms with Crippen molar-refractivity contribution < 1.29 is 4.74 Å². The third kappa shape index (κ3) is 3.54.